The molecule has 2 aliphatic heterocycles. The smallest absolute Gasteiger partial charge is 0.319 e. The average molecular weight is 355 g/mol. The summed E-state index contributed by atoms with van der Waals surface area (Å²) in [5.74, 6) is 0. The summed E-state index contributed by atoms with van der Waals surface area (Å²) in [5, 5.41) is 0. The molecule has 0 aromatic carbocycles. The Morgan fingerprint density at radius 1 is 1.12 bits per heavy atom. The highest BCUT2D eigenvalue weighted by atomic mass is 16.5. The minimum atomic E-state index is 0.171. The van der Waals surface area contributed by atoms with Gasteiger partial charge in [0, 0.05) is 71.0 Å². The lowest BCUT2D eigenvalue weighted by molar-refractivity contribution is -0.0547. The van der Waals surface area contributed by atoms with Gasteiger partial charge in [0.15, 0.2) is 0 Å². The van der Waals surface area contributed by atoms with Gasteiger partial charge in [0.2, 0.25) is 0 Å². The Balaban J connectivity index is 2.05. The van der Waals surface area contributed by atoms with E-state index in [9.17, 15) is 4.79 Å². The van der Waals surface area contributed by atoms with Gasteiger partial charge in [-0.3, -0.25) is 9.80 Å². The average Bonchev–Trinajstić information content (AvgIpc) is 2.59. The number of piperazine rings is 1. The number of likely N-dealkylation sites (tertiary alicyclic amines) is 1. The number of nitrogens with zero attached hydrogens (tertiary/aromatic N) is 4. The summed E-state index contributed by atoms with van der Waals surface area (Å²) < 4.78 is 5.34. The maximum absolute atomic E-state index is 12.6. The molecule has 0 atom stereocenters. The van der Waals surface area contributed by atoms with Crippen molar-refractivity contribution >= 4 is 6.03 Å². The molecule has 2 fully saturated rings. The first-order chi connectivity index (χ1) is 11.8. The maximum Gasteiger partial charge on any atom is 0.319 e. The number of ether oxygens (including phenoxy) is 1. The Morgan fingerprint density at radius 2 is 1.76 bits per heavy atom. The topological polar surface area (TPSA) is 39.3 Å². The van der Waals surface area contributed by atoms with Gasteiger partial charge in [-0.25, -0.2) is 4.79 Å². The summed E-state index contributed by atoms with van der Waals surface area (Å²) in [6.07, 6.45) is 2.11. The zero-order valence-corrected chi connectivity index (χ0v) is 17.1. The summed E-state index contributed by atoms with van der Waals surface area (Å²) in [4.78, 5) is 21.8. The van der Waals surface area contributed by atoms with Gasteiger partial charge in [-0.05, 0) is 40.5 Å². The number of methoxy groups -OCH3 is 1. The molecule has 0 radical (unpaired) electrons. The lowest BCUT2D eigenvalue weighted by atomic mass is 9.83. The van der Waals surface area contributed by atoms with Crippen molar-refractivity contribution in [1.82, 2.24) is 19.6 Å². The maximum atomic E-state index is 12.6. The van der Waals surface area contributed by atoms with Crippen molar-refractivity contribution in [3.63, 3.8) is 0 Å². The normalized spacial score (nSPS) is 22.2. The Hall–Kier alpha value is -0.850. The minimum Gasteiger partial charge on any atom is -0.383 e. The van der Waals surface area contributed by atoms with Crippen molar-refractivity contribution in [3.05, 3.63) is 0 Å². The van der Waals surface area contributed by atoms with Crippen LogP contribution in [0.4, 0.5) is 4.79 Å². The van der Waals surface area contributed by atoms with Crippen LogP contribution in [0.3, 0.4) is 0 Å². The van der Waals surface area contributed by atoms with Gasteiger partial charge in [0.05, 0.1) is 6.61 Å². The zero-order valence-electron chi connectivity index (χ0n) is 17.1. The molecule has 0 bridgehead atoms. The van der Waals surface area contributed by atoms with Crippen molar-refractivity contribution in [2.24, 2.45) is 0 Å². The largest absolute Gasteiger partial charge is 0.383 e. The van der Waals surface area contributed by atoms with Crippen molar-refractivity contribution in [1.29, 1.82) is 0 Å². The fraction of sp³-hybridized carbons (Fsp3) is 0.947. The van der Waals surface area contributed by atoms with Gasteiger partial charge < -0.3 is 14.5 Å². The Bertz CT molecular complexity index is 433. The third kappa shape index (κ3) is 4.66. The summed E-state index contributed by atoms with van der Waals surface area (Å²) >= 11 is 0. The summed E-state index contributed by atoms with van der Waals surface area (Å²) in [5.41, 5.74) is 0.189. The van der Waals surface area contributed by atoms with E-state index in [4.69, 9.17) is 4.74 Å². The molecule has 25 heavy (non-hydrogen) atoms. The van der Waals surface area contributed by atoms with Crippen LogP contribution < -0.4 is 0 Å². The first kappa shape index (κ1) is 20.5. The summed E-state index contributed by atoms with van der Waals surface area (Å²) in [7, 11) is 3.68. The molecule has 6 heteroatoms. The van der Waals surface area contributed by atoms with Crippen LogP contribution in [0.15, 0.2) is 0 Å². The van der Waals surface area contributed by atoms with Crippen LogP contribution in [0, 0.1) is 0 Å². The van der Waals surface area contributed by atoms with Gasteiger partial charge in [-0.1, -0.05) is 0 Å². The third-order valence-electron chi connectivity index (χ3n) is 6.16. The highest BCUT2D eigenvalue weighted by molar-refractivity contribution is 5.74. The number of hydrogen-bond acceptors (Lipinski definition) is 4. The van der Waals surface area contributed by atoms with E-state index in [-0.39, 0.29) is 17.6 Å². The monoisotopic (exact) mass is 354 g/mol. The number of carbonyl (C=O) groups excluding carboxylic acids is 1. The van der Waals surface area contributed by atoms with Crippen molar-refractivity contribution < 1.29 is 9.53 Å². The van der Waals surface area contributed by atoms with E-state index in [1.807, 2.05) is 16.8 Å². The molecular weight excluding hydrogens is 316 g/mol. The van der Waals surface area contributed by atoms with Crippen molar-refractivity contribution in [2.75, 3.05) is 60.0 Å². The summed E-state index contributed by atoms with van der Waals surface area (Å²) in [6, 6.07) is 0.991. The number of urea groups is 1. The van der Waals surface area contributed by atoms with Gasteiger partial charge in [-0.2, -0.15) is 0 Å². The lowest BCUT2D eigenvalue weighted by Gasteiger charge is -2.55. The molecule has 0 unspecified atom stereocenters. The SMILES string of the molecule is COCCN1CCN(C(C)C)CC12CCN(C(=O)N(C)C(C)C)CC2. The van der Waals surface area contributed by atoms with E-state index in [0.29, 0.717) is 6.04 Å². The second-order valence-corrected chi connectivity index (χ2v) is 8.24. The van der Waals surface area contributed by atoms with Gasteiger partial charge in [0.1, 0.15) is 0 Å². The van der Waals surface area contributed by atoms with Crippen LogP contribution in [0.1, 0.15) is 40.5 Å². The fourth-order valence-corrected chi connectivity index (χ4v) is 4.07. The van der Waals surface area contributed by atoms with Crippen LogP contribution in [0.2, 0.25) is 0 Å². The predicted molar refractivity (Wildman–Crippen MR) is 102 cm³/mol. The molecule has 2 amide bonds. The quantitative estimate of drug-likeness (QED) is 0.757. The van der Waals surface area contributed by atoms with Gasteiger partial charge >= 0.3 is 6.03 Å². The number of amides is 2. The fourth-order valence-electron chi connectivity index (χ4n) is 4.07. The van der Waals surface area contributed by atoms with E-state index in [1.54, 1.807) is 7.11 Å². The lowest BCUT2D eigenvalue weighted by Crippen LogP contribution is -2.67. The first-order valence-corrected chi connectivity index (χ1v) is 9.80. The molecule has 0 saturated carbocycles. The van der Waals surface area contributed by atoms with E-state index in [2.05, 4.69) is 37.5 Å². The highest BCUT2D eigenvalue weighted by Crippen LogP contribution is 2.33. The molecule has 2 aliphatic rings. The van der Waals surface area contributed by atoms with Crippen LogP contribution in [0.5, 0.6) is 0 Å². The van der Waals surface area contributed by atoms with Gasteiger partial charge in [-0.15, -0.1) is 0 Å². The zero-order chi connectivity index (χ0) is 18.6. The summed E-state index contributed by atoms with van der Waals surface area (Å²) in [6.45, 7) is 15.5. The molecule has 0 aliphatic carbocycles. The molecular formula is C19H38N4O2. The molecule has 6 nitrogen and oxygen atoms in total. The van der Waals surface area contributed by atoms with Gasteiger partial charge in [0.25, 0.3) is 0 Å². The number of hydrogen-bond donors (Lipinski definition) is 0. The standard InChI is InChI=1S/C19H38N4O2/c1-16(2)20(5)18(24)21-9-7-19(8-10-21)15-22(17(3)4)11-12-23(19)13-14-25-6/h16-17H,7-15H2,1-6H3. The van der Waals surface area contributed by atoms with Crippen LogP contribution in [-0.4, -0.2) is 103 Å². The predicted octanol–water partition coefficient (Wildman–Crippen LogP) is 1.95. The van der Waals surface area contributed by atoms with Crippen molar-refractivity contribution in [3.8, 4) is 0 Å². The molecule has 2 saturated heterocycles. The van der Waals surface area contributed by atoms with Crippen LogP contribution in [-0.2, 0) is 4.74 Å². The number of piperidine rings is 1. The molecule has 0 aromatic heterocycles. The van der Waals surface area contributed by atoms with E-state index < -0.39 is 0 Å². The first-order valence-electron chi connectivity index (χ1n) is 9.80. The Morgan fingerprint density at radius 3 is 2.28 bits per heavy atom. The molecule has 0 N–H and O–H groups in total. The molecule has 0 aromatic rings. The molecule has 1 spiro atoms. The Labute approximate surface area is 154 Å². The second kappa shape index (κ2) is 8.69. The van der Waals surface area contributed by atoms with E-state index >= 15 is 0 Å². The number of rotatable bonds is 5. The number of carbonyl (C=O) groups is 1. The van der Waals surface area contributed by atoms with E-state index in [0.717, 1.165) is 58.7 Å². The van der Waals surface area contributed by atoms with E-state index in [1.165, 1.54) is 0 Å². The van der Waals surface area contributed by atoms with Crippen LogP contribution >= 0.6 is 0 Å². The highest BCUT2D eigenvalue weighted by Gasteiger charge is 2.44. The Kier molecular flexibility index (Phi) is 7.11. The van der Waals surface area contributed by atoms with Crippen molar-refractivity contribution in [2.45, 2.75) is 58.2 Å². The minimum absolute atomic E-state index is 0.171. The third-order valence-corrected chi connectivity index (χ3v) is 6.16. The second-order valence-electron chi connectivity index (χ2n) is 8.24. The molecule has 2 heterocycles. The molecule has 146 valence electrons. The molecule has 2 rings (SSSR count). The van der Waals surface area contributed by atoms with Crippen LogP contribution in [0.25, 0.3) is 0 Å².